The van der Waals surface area contributed by atoms with Crippen LogP contribution in [0, 0.1) is 0 Å². The van der Waals surface area contributed by atoms with Crippen molar-refractivity contribution in [1.82, 2.24) is 24.8 Å². The van der Waals surface area contributed by atoms with E-state index in [1.54, 1.807) is 16.9 Å². The number of hydrogen-bond acceptors (Lipinski definition) is 5. The molecule has 7 nitrogen and oxygen atoms in total. The van der Waals surface area contributed by atoms with E-state index in [1.807, 2.05) is 72.8 Å². The fraction of sp³-hybridized carbons (Fsp3) is 0.0417. The lowest BCUT2D eigenvalue weighted by Gasteiger charge is -2.08. The highest BCUT2D eigenvalue weighted by atomic mass is 79.9. The van der Waals surface area contributed by atoms with E-state index in [0.717, 1.165) is 26.9 Å². The molecule has 8 heteroatoms. The normalized spacial score (nSPS) is 10.9. The minimum atomic E-state index is -0.0811. The van der Waals surface area contributed by atoms with Crippen molar-refractivity contribution in [2.45, 2.75) is 6.42 Å². The third kappa shape index (κ3) is 4.26. The standard InChI is InChI=1S/C24H17BrN6O/c25-19-5-1-3-16(13-19)14-23(32)27-20-6-2-4-18(15-20)21-7-8-22-28-29-24(31(22)30-21)17-9-11-26-12-10-17/h1-13,15H,14H2,(H,27,32). The van der Waals surface area contributed by atoms with Gasteiger partial charge in [-0.3, -0.25) is 9.78 Å². The summed E-state index contributed by atoms with van der Waals surface area (Å²) in [6, 6.07) is 22.8. The molecule has 0 saturated carbocycles. The number of nitrogens with one attached hydrogen (secondary N) is 1. The van der Waals surface area contributed by atoms with E-state index < -0.39 is 0 Å². The van der Waals surface area contributed by atoms with Gasteiger partial charge in [0.1, 0.15) is 0 Å². The summed E-state index contributed by atoms with van der Waals surface area (Å²) < 4.78 is 2.66. The molecule has 156 valence electrons. The molecule has 2 aromatic carbocycles. The Morgan fingerprint density at radius 3 is 2.59 bits per heavy atom. The smallest absolute Gasteiger partial charge is 0.228 e. The van der Waals surface area contributed by atoms with Crippen molar-refractivity contribution in [2.24, 2.45) is 0 Å². The number of amides is 1. The molecule has 0 unspecified atom stereocenters. The number of pyridine rings is 1. The van der Waals surface area contributed by atoms with E-state index in [-0.39, 0.29) is 5.91 Å². The second kappa shape index (κ2) is 8.68. The summed E-state index contributed by atoms with van der Waals surface area (Å²) in [5.74, 6) is 0.560. The summed E-state index contributed by atoms with van der Waals surface area (Å²) >= 11 is 3.44. The summed E-state index contributed by atoms with van der Waals surface area (Å²) in [6.45, 7) is 0. The first-order valence-corrected chi connectivity index (χ1v) is 10.7. The number of carbonyl (C=O) groups is 1. The molecule has 0 radical (unpaired) electrons. The summed E-state index contributed by atoms with van der Waals surface area (Å²) in [6.07, 6.45) is 3.71. The predicted molar refractivity (Wildman–Crippen MR) is 126 cm³/mol. The van der Waals surface area contributed by atoms with Crippen molar-refractivity contribution in [3.63, 3.8) is 0 Å². The molecule has 0 spiro atoms. The molecular weight excluding hydrogens is 468 g/mol. The lowest BCUT2D eigenvalue weighted by atomic mass is 10.1. The van der Waals surface area contributed by atoms with Crippen molar-refractivity contribution < 1.29 is 4.79 Å². The van der Waals surface area contributed by atoms with E-state index in [0.29, 0.717) is 23.6 Å². The SMILES string of the molecule is O=C(Cc1cccc(Br)c1)Nc1cccc(-c2ccc3nnc(-c4ccncc4)n3n2)c1. The number of nitrogens with zero attached hydrogens (tertiary/aromatic N) is 5. The average molecular weight is 485 g/mol. The number of rotatable bonds is 5. The average Bonchev–Trinajstić information content (AvgIpc) is 3.23. The number of fused-ring (bicyclic) bond motifs is 1. The first kappa shape index (κ1) is 20.0. The molecule has 0 fully saturated rings. The first-order valence-electron chi connectivity index (χ1n) is 9.93. The Bertz CT molecular complexity index is 1420. The largest absolute Gasteiger partial charge is 0.326 e. The molecule has 3 aromatic heterocycles. The summed E-state index contributed by atoms with van der Waals surface area (Å²) in [5, 5.41) is 16.2. The summed E-state index contributed by atoms with van der Waals surface area (Å²) in [5.41, 5.74) is 4.81. The van der Waals surface area contributed by atoms with Crippen molar-refractivity contribution in [2.75, 3.05) is 5.32 Å². The molecule has 32 heavy (non-hydrogen) atoms. The highest BCUT2D eigenvalue weighted by Gasteiger charge is 2.11. The quantitative estimate of drug-likeness (QED) is 0.387. The van der Waals surface area contributed by atoms with Crippen molar-refractivity contribution in [1.29, 1.82) is 0 Å². The molecule has 5 rings (SSSR count). The number of halogens is 1. The van der Waals surface area contributed by atoms with Gasteiger partial charge < -0.3 is 5.32 Å². The molecule has 0 aliphatic carbocycles. The summed E-state index contributed by atoms with van der Waals surface area (Å²) in [7, 11) is 0. The number of hydrogen-bond donors (Lipinski definition) is 1. The predicted octanol–water partition coefficient (Wildman–Crippen LogP) is 4.80. The topological polar surface area (TPSA) is 85.1 Å². The maximum Gasteiger partial charge on any atom is 0.228 e. The number of carbonyl (C=O) groups excluding carboxylic acids is 1. The van der Waals surface area contributed by atoms with Crippen LogP contribution in [0.3, 0.4) is 0 Å². The van der Waals surface area contributed by atoms with Gasteiger partial charge in [-0.1, -0.05) is 40.2 Å². The first-order chi connectivity index (χ1) is 15.7. The monoisotopic (exact) mass is 484 g/mol. The van der Waals surface area contributed by atoms with E-state index in [4.69, 9.17) is 5.10 Å². The summed E-state index contributed by atoms with van der Waals surface area (Å²) in [4.78, 5) is 16.6. The van der Waals surface area contributed by atoms with E-state index in [1.165, 1.54) is 0 Å². The van der Waals surface area contributed by atoms with Gasteiger partial charge in [0.15, 0.2) is 11.5 Å². The maximum absolute atomic E-state index is 12.5. The van der Waals surface area contributed by atoms with Crippen LogP contribution in [0.2, 0.25) is 0 Å². The fourth-order valence-corrected chi connectivity index (χ4v) is 3.86. The molecule has 1 amide bonds. The van der Waals surface area contributed by atoms with Gasteiger partial charge in [-0.25, -0.2) is 0 Å². The Hall–Kier alpha value is -3.91. The van der Waals surface area contributed by atoms with Gasteiger partial charge >= 0.3 is 0 Å². The highest BCUT2D eigenvalue weighted by Crippen LogP contribution is 2.23. The number of benzene rings is 2. The zero-order valence-electron chi connectivity index (χ0n) is 16.8. The third-order valence-corrected chi connectivity index (χ3v) is 5.39. The Balaban J connectivity index is 1.41. The Morgan fingerprint density at radius 1 is 0.906 bits per heavy atom. The lowest BCUT2D eigenvalue weighted by Crippen LogP contribution is -2.14. The molecule has 5 aromatic rings. The molecule has 0 aliphatic heterocycles. The van der Waals surface area contributed by atoms with Crippen LogP contribution < -0.4 is 5.32 Å². The number of anilines is 1. The fourth-order valence-electron chi connectivity index (χ4n) is 3.42. The van der Waals surface area contributed by atoms with Crippen LogP contribution in [0.4, 0.5) is 5.69 Å². The molecule has 0 atom stereocenters. The Kier molecular flexibility index (Phi) is 5.43. The molecule has 0 bridgehead atoms. The second-order valence-electron chi connectivity index (χ2n) is 7.18. The van der Waals surface area contributed by atoms with E-state index >= 15 is 0 Å². The van der Waals surface area contributed by atoms with Crippen LogP contribution in [0.25, 0.3) is 28.3 Å². The third-order valence-electron chi connectivity index (χ3n) is 4.90. The molecule has 3 heterocycles. The van der Waals surface area contributed by atoms with Gasteiger partial charge in [-0.15, -0.1) is 10.2 Å². The van der Waals surface area contributed by atoms with Crippen LogP contribution >= 0.6 is 15.9 Å². The minimum Gasteiger partial charge on any atom is -0.326 e. The Morgan fingerprint density at radius 2 is 1.75 bits per heavy atom. The molecular formula is C24H17BrN6O. The van der Waals surface area contributed by atoms with E-state index in [2.05, 4.69) is 36.4 Å². The van der Waals surface area contributed by atoms with Crippen LogP contribution in [-0.4, -0.2) is 30.7 Å². The Labute approximate surface area is 192 Å². The van der Waals surface area contributed by atoms with Crippen molar-refractivity contribution >= 4 is 33.2 Å². The van der Waals surface area contributed by atoms with Gasteiger partial charge in [0.2, 0.25) is 5.91 Å². The zero-order valence-corrected chi connectivity index (χ0v) is 18.4. The van der Waals surface area contributed by atoms with Gasteiger partial charge in [0.05, 0.1) is 12.1 Å². The second-order valence-corrected chi connectivity index (χ2v) is 8.10. The zero-order chi connectivity index (χ0) is 21.9. The molecule has 0 aliphatic rings. The van der Waals surface area contributed by atoms with Gasteiger partial charge in [-0.05, 0) is 54.1 Å². The molecule has 0 saturated heterocycles. The van der Waals surface area contributed by atoms with Crippen LogP contribution in [0.1, 0.15) is 5.56 Å². The lowest BCUT2D eigenvalue weighted by molar-refractivity contribution is -0.115. The highest BCUT2D eigenvalue weighted by molar-refractivity contribution is 9.10. The maximum atomic E-state index is 12.5. The number of aromatic nitrogens is 5. The van der Waals surface area contributed by atoms with Crippen LogP contribution in [-0.2, 0) is 11.2 Å². The van der Waals surface area contributed by atoms with Crippen molar-refractivity contribution in [3.05, 3.63) is 95.2 Å². The molecule has 1 N–H and O–H groups in total. The van der Waals surface area contributed by atoms with Gasteiger partial charge in [0, 0.05) is 33.7 Å². The van der Waals surface area contributed by atoms with Gasteiger partial charge in [-0.2, -0.15) is 9.61 Å². The minimum absolute atomic E-state index is 0.0811. The van der Waals surface area contributed by atoms with Crippen LogP contribution in [0.15, 0.2) is 89.7 Å². The van der Waals surface area contributed by atoms with Crippen LogP contribution in [0.5, 0.6) is 0 Å². The van der Waals surface area contributed by atoms with E-state index in [9.17, 15) is 4.79 Å². The van der Waals surface area contributed by atoms with Crippen molar-refractivity contribution in [3.8, 4) is 22.6 Å². The van der Waals surface area contributed by atoms with Gasteiger partial charge in [0.25, 0.3) is 0 Å².